The molecule has 8 heteroatoms. The van der Waals surface area contributed by atoms with Crippen LogP contribution in [0.25, 0.3) is 16.8 Å². The summed E-state index contributed by atoms with van der Waals surface area (Å²) < 4.78 is 30.2. The Balaban J connectivity index is 1.31. The van der Waals surface area contributed by atoms with Gasteiger partial charge in [0.2, 0.25) is 0 Å². The monoisotopic (exact) mass is 597 g/mol. The molecule has 0 bridgehead atoms. The van der Waals surface area contributed by atoms with Crippen LogP contribution in [0.5, 0.6) is 11.5 Å². The molecule has 0 atom stereocenters. The van der Waals surface area contributed by atoms with E-state index in [1.807, 2.05) is 81.4 Å². The molecule has 0 spiro atoms. The number of carbonyl (C=O) groups is 1. The fourth-order valence-corrected chi connectivity index (χ4v) is 8.13. The number of amides is 1. The van der Waals surface area contributed by atoms with Gasteiger partial charge in [0.05, 0.1) is 0 Å². The van der Waals surface area contributed by atoms with Gasteiger partial charge in [-0.1, -0.05) is 72.8 Å². The van der Waals surface area contributed by atoms with E-state index < -0.39 is 20.5 Å². The van der Waals surface area contributed by atoms with E-state index in [2.05, 4.69) is 41.7 Å². The Morgan fingerprint density at radius 3 is 2.02 bits per heavy atom. The maximum atomic E-state index is 12.7. The van der Waals surface area contributed by atoms with Crippen LogP contribution in [0, 0.1) is 0 Å². The Kier molecular flexibility index (Phi) is 9.94. The molecule has 7 nitrogen and oxygen atoms in total. The number of fused-ring (bicyclic) bond motifs is 3. The first-order chi connectivity index (χ1) is 21.0. The van der Waals surface area contributed by atoms with Gasteiger partial charge < -0.3 is 28.1 Å². The van der Waals surface area contributed by atoms with Crippen LogP contribution in [-0.2, 0) is 18.9 Å². The molecule has 1 aliphatic rings. The van der Waals surface area contributed by atoms with Crippen molar-refractivity contribution < 1.29 is 27.5 Å². The molecular weight excluding hydrogens is 558 g/mol. The highest BCUT2D eigenvalue weighted by Gasteiger charge is 2.40. The molecule has 1 aliphatic heterocycles. The number of hydrogen-bond acceptors (Lipinski definition) is 6. The van der Waals surface area contributed by atoms with Crippen molar-refractivity contribution in [2.24, 2.45) is 0 Å². The van der Waals surface area contributed by atoms with Crippen LogP contribution in [0.2, 0.25) is 6.04 Å². The highest BCUT2D eigenvalue weighted by Crippen LogP contribution is 2.44. The maximum absolute atomic E-state index is 12.7. The number of nitrogens with one attached hydrogen (secondary N) is 1. The van der Waals surface area contributed by atoms with Gasteiger partial charge in [-0.3, -0.25) is 0 Å². The normalized spacial score (nSPS) is 13.7. The van der Waals surface area contributed by atoms with Crippen LogP contribution in [0.15, 0.2) is 97.1 Å². The predicted octanol–water partition coefficient (Wildman–Crippen LogP) is 7.72. The van der Waals surface area contributed by atoms with Gasteiger partial charge in [-0.15, -0.1) is 0 Å². The summed E-state index contributed by atoms with van der Waals surface area (Å²) in [6.07, 6.45) is 4.35. The number of hydrogen-bond donors (Lipinski definition) is 1. The molecule has 1 amide bonds. The summed E-state index contributed by atoms with van der Waals surface area (Å²) in [4.78, 5) is 12.7. The third-order valence-electron chi connectivity index (χ3n) is 7.39. The van der Waals surface area contributed by atoms with E-state index >= 15 is 0 Å². The second-order valence-electron chi connectivity index (χ2n) is 10.2. The Morgan fingerprint density at radius 2 is 1.42 bits per heavy atom. The van der Waals surface area contributed by atoms with Crippen molar-refractivity contribution in [1.29, 1.82) is 0 Å². The molecule has 43 heavy (non-hydrogen) atoms. The van der Waals surface area contributed by atoms with Gasteiger partial charge in [-0.05, 0) is 68.3 Å². The van der Waals surface area contributed by atoms with Crippen molar-refractivity contribution in [3.8, 4) is 11.5 Å². The summed E-state index contributed by atoms with van der Waals surface area (Å²) >= 11 is 0. The minimum atomic E-state index is -2.75. The van der Waals surface area contributed by atoms with Gasteiger partial charge in [0, 0.05) is 49.1 Å². The second kappa shape index (κ2) is 14.0. The van der Waals surface area contributed by atoms with Crippen molar-refractivity contribution >= 4 is 31.7 Å². The highest BCUT2D eigenvalue weighted by molar-refractivity contribution is 6.60. The molecule has 4 aromatic rings. The highest BCUT2D eigenvalue weighted by atomic mass is 28.4. The molecule has 0 unspecified atom stereocenters. The number of benzene rings is 4. The third kappa shape index (κ3) is 6.83. The van der Waals surface area contributed by atoms with Crippen molar-refractivity contribution in [3.05, 3.63) is 114 Å². The van der Waals surface area contributed by atoms with Crippen LogP contribution < -0.4 is 14.8 Å². The summed E-state index contributed by atoms with van der Waals surface area (Å²) in [6, 6.07) is 30.7. The lowest BCUT2D eigenvalue weighted by Gasteiger charge is -2.36. The zero-order valence-electron chi connectivity index (χ0n) is 25.0. The summed E-state index contributed by atoms with van der Waals surface area (Å²) in [5.41, 5.74) is 2.26. The maximum Gasteiger partial charge on any atom is 0.500 e. The van der Waals surface area contributed by atoms with Gasteiger partial charge in [-0.2, -0.15) is 0 Å². The molecule has 1 heterocycles. The minimum absolute atomic E-state index is 0.418. The Morgan fingerprint density at radius 1 is 0.814 bits per heavy atom. The van der Waals surface area contributed by atoms with Crippen LogP contribution in [-0.4, -0.2) is 41.3 Å². The molecule has 0 aromatic heterocycles. The summed E-state index contributed by atoms with van der Waals surface area (Å²) in [5, 5.41) is 4.81. The Hall–Kier alpha value is -3.95. The van der Waals surface area contributed by atoms with Crippen molar-refractivity contribution in [3.63, 3.8) is 0 Å². The van der Waals surface area contributed by atoms with Gasteiger partial charge >= 0.3 is 14.9 Å². The topological polar surface area (TPSA) is 75.3 Å². The van der Waals surface area contributed by atoms with Crippen LogP contribution in [0.1, 0.15) is 43.9 Å². The SMILES string of the molecule is CCO[Si](CCCNC(=O)Oc1ccc2ccc3c(c2c1)C=CC(c1ccccc1)(c1ccccc1)O3)(OCC)OCC. The number of ether oxygens (including phenoxy) is 2. The molecule has 224 valence electrons. The standard InChI is InChI=1S/C35H39NO6Si/c1-4-38-43(39-5-2,40-6-3)25-13-24-36-34(37)41-30-20-18-27-19-21-33-31(32(27)26-30)22-23-35(42-33,28-14-9-7-10-15-28)29-16-11-8-12-17-29/h7-12,14-23,26H,4-6,13,24-25H2,1-3H3,(H,36,37). The van der Waals surface area contributed by atoms with E-state index in [1.165, 1.54) is 0 Å². The molecule has 4 aromatic carbocycles. The van der Waals surface area contributed by atoms with E-state index in [1.54, 1.807) is 6.07 Å². The van der Waals surface area contributed by atoms with Crippen LogP contribution in [0.3, 0.4) is 0 Å². The van der Waals surface area contributed by atoms with Gasteiger partial charge in [0.25, 0.3) is 0 Å². The predicted molar refractivity (Wildman–Crippen MR) is 171 cm³/mol. The van der Waals surface area contributed by atoms with Crippen molar-refractivity contribution in [2.75, 3.05) is 26.4 Å². The fraction of sp³-hybridized carbons (Fsp3) is 0.286. The lowest BCUT2D eigenvalue weighted by atomic mass is 9.83. The number of carbonyl (C=O) groups excluding carboxylic acids is 1. The smallest absolute Gasteiger partial charge is 0.473 e. The average molecular weight is 598 g/mol. The first-order valence-corrected chi connectivity index (χ1v) is 16.9. The summed E-state index contributed by atoms with van der Waals surface area (Å²) in [6.45, 7) is 7.78. The lowest BCUT2D eigenvalue weighted by molar-refractivity contribution is 0.0708. The zero-order chi connectivity index (χ0) is 30.1. The van der Waals surface area contributed by atoms with E-state index in [0.29, 0.717) is 44.6 Å². The quantitative estimate of drug-likeness (QED) is 0.126. The number of rotatable bonds is 13. The molecule has 5 rings (SSSR count). The minimum Gasteiger partial charge on any atom is -0.473 e. The van der Waals surface area contributed by atoms with E-state index in [4.69, 9.17) is 22.8 Å². The van der Waals surface area contributed by atoms with E-state index in [-0.39, 0.29) is 0 Å². The fourth-order valence-electron chi connectivity index (χ4n) is 5.52. The zero-order valence-corrected chi connectivity index (χ0v) is 26.0. The van der Waals surface area contributed by atoms with Crippen molar-refractivity contribution in [2.45, 2.75) is 38.8 Å². The molecule has 0 saturated carbocycles. The van der Waals surface area contributed by atoms with Crippen LogP contribution in [0.4, 0.5) is 4.79 Å². The van der Waals surface area contributed by atoms with Gasteiger partial charge in [0.15, 0.2) is 5.60 Å². The van der Waals surface area contributed by atoms with E-state index in [9.17, 15) is 4.79 Å². The molecule has 0 fully saturated rings. The molecule has 0 radical (unpaired) electrons. The summed E-state index contributed by atoms with van der Waals surface area (Å²) in [7, 11) is -2.75. The van der Waals surface area contributed by atoms with Crippen LogP contribution >= 0.6 is 0 Å². The second-order valence-corrected chi connectivity index (χ2v) is 12.9. The van der Waals surface area contributed by atoms with Gasteiger partial charge in [-0.25, -0.2) is 4.79 Å². The first-order valence-electron chi connectivity index (χ1n) is 15.0. The first kappa shape index (κ1) is 30.5. The van der Waals surface area contributed by atoms with E-state index in [0.717, 1.165) is 33.2 Å². The molecular formula is C35H39NO6Si. The van der Waals surface area contributed by atoms with Gasteiger partial charge in [0.1, 0.15) is 11.5 Å². The Labute approximate surface area is 254 Å². The third-order valence-corrected chi connectivity index (χ3v) is 10.5. The molecule has 0 aliphatic carbocycles. The Bertz CT molecular complexity index is 1490. The average Bonchev–Trinajstić information content (AvgIpc) is 3.04. The van der Waals surface area contributed by atoms with Crippen molar-refractivity contribution in [1.82, 2.24) is 5.32 Å². The summed E-state index contributed by atoms with van der Waals surface area (Å²) in [5.74, 6) is 1.21. The largest absolute Gasteiger partial charge is 0.500 e. The lowest BCUT2D eigenvalue weighted by Crippen LogP contribution is -2.46. The molecule has 1 N–H and O–H groups in total. The molecule has 0 saturated heterocycles.